The molecule has 0 unspecified atom stereocenters. The molecule has 7 nitrogen and oxygen atoms in total. The van der Waals surface area contributed by atoms with Crippen molar-refractivity contribution in [2.45, 2.75) is 131 Å². The highest BCUT2D eigenvalue weighted by Crippen LogP contribution is 2.72. The van der Waals surface area contributed by atoms with Crippen LogP contribution in [0.5, 0.6) is 0 Å². The topological polar surface area (TPSA) is 113 Å². The first-order valence-corrected chi connectivity index (χ1v) is 16.3. The number of ether oxygens (including phenoxy) is 2. The van der Waals surface area contributed by atoms with E-state index in [2.05, 4.69) is 46.8 Å². The van der Waals surface area contributed by atoms with Gasteiger partial charge in [0.2, 0.25) is 0 Å². The van der Waals surface area contributed by atoms with Crippen molar-refractivity contribution in [3.8, 4) is 0 Å². The van der Waals surface area contributed by atoms with Crippen molar-refractivity contribution < 1.29 is 34.4 Å². The average Bonchev–Trinajstić information content (AvgIpc) is 3.51. The quantitative estimate of drug-likeness (QED) is 0.201. The molecule has 3 aliphatic carbocycles. The zero-order chi connectivity index (χ0) is 32.1. The van der Waals surface area contributed by atoms with Crippen molar-refractivity contribution in [2.75, 3.05) is 6.61 Å². The molecular formula is C36H56O7. The molecule has 2 saturated carbocycles. The van der Waals surface area contributed by atoms with Gasteiger partial charge in [-0.2, -0.15) is 0 Å². The molecule has 3 fully saturated rings. The van der Waals surface area contributed by atoms with Crippen LogP contribution < -0.4 is 0 Å². The zero-order valence-corrected chi connectivity index (χ0v) is 27.9. The largest absolute Gasteiger partial charge is 0.481 e. The fraction of sp³-hybridized carbons (Fsp3) is 0.778. The number of esters is 1. The van der Waals surface area contributed by atoms with Crippen molar-refractivity contribution in [1.82, 2.24) is 0 Å². The maximum atomic E-state index is 13.4. The Bertz CT molecular complexity index is 1170. The Morgan fingerprint density at radius 2 is 1.86 bits per heavy atom. The normalized spacial score (nSPS) is 40.3. The first-order chi connectivity index (χ1) is 19.9. The fourth-order valence-corrected chi connectivity index (χ4v) is 10.1. The minimum atomic E-state index is -1.35. The third kappa shape index (κ3) is 6.03. The SMILES string of the molecule is C/C=C(\C)[C@@H](O)C(=O)O[C@@H]1C[C@@H](C(C)(C)O)[C@](C)(CCC(=O)O)[C@H]2CC[C@]3(C)C(=CC[C@H]3[C@H]3CO[C@H](C=C(C)C)C3)[C@@]21C. The number of carbonyl (C=O) groups excluding carboxylic acids is 1. The lowest BCUT2D eigenvalue weighted by Crippen LogP contribution is -2.64. The minimum Gasteiger partial charge on any atom is -0.481 e. The molecule has 0 bridgehead atoms. The minimum absolute atomic E-state index is 0.0152. The number of hydrogen-bond donors (Lipinski definition) is 3. The summed E-state index contributed by atoms with van der Waals surface area (Å²) in [6.07, 6.45) is 9.14. The van der Waals surface area contributed by atoms with Crippen LogP contribution in [0.2, 0.25) is 0 Å². The van der Waals surface area contributed by atoms with Crippen LogP contribution in [0.15, 0.2) is 34.9 Å². The van der Waals surface area contributed by atoms with Gasteiger partial charge in [0.25, 0.3) is 0 Å². The summed E-state index contributed by atoms with van der Waals surface area (Å²) in [5, 5.41) is 32.1. The number of rotatable bonds is 9. The van der Waals surface area contributed by atoms with Crippen molar-refractivity contribution in [1.29, 1.82) is 0 Å². The predicted molar refractivity (Wildman–Crippen MR) is 167 cm³/mol. The number of allylic oxidation sites excluding steroid dienone is 3. The molecule has 4 rings (SSSR count). The van der Waals surface area contributed by atoms with Gasteiger partial charge in [-0.25, -0.2) is 4.79 Å². The van der Waals surface area contributed by atoms with Crippen LogP contribution in [0.3, 0.4) is 0 Å². The van der Waals surface area contributed by atoms with Gasteiger partial charge in [0.15, 0.2) is 6.10 Å². The number of fused-ring (bicyclic) bond motifs is 3. The Kier molecular flexibility index (Phi) is 9.54. The third-order valence-electron chi connectivity index (χ3n) is 12.2. The van der Waals surface area contributed by atoms with Crippen LogP contribution in [0, 0.1) is 39.9 Å². The zero-order valence-electron chi connectivity index (χ0n) is 27.9. The van der Waals surface area contributed by atoms with E-state index in [1.807, 2.05) is 0 Å². The molecule has 0 amide bonds. The molecule has 1 aliphatic heterocycles. The molecular weight excluding hydrogens is 544 g/mol. The lowest BCUT2D eigenvalue weighted by Gasteiger charge is -2.66. The third-order valence-corrected chi connectivity index (χ3v) is 12.2. The summed E-state index contributed by atoms with van der Waals surface area (Å²) in [6.45, 7) is 18.8. The summed E-state index contributed by atoms with van der Waals surface area (Å²) in [6, 6.07) is 0. The van der Waals surface area contributed by atoms with E-state index < -0.39 is 40.6 Å². The summed E-state index contributed by atoms with van der Waals surface area (Å²) in [4.78, 5) is 25.3. The van der Waals surface area contributed by atoms with Gasteiger partial charge in [0.05, 0.1) is 18.3 Å². The molecule has 0 aromatic carbocycles. The molecule has 0 aromatic heterocycles. The summed E-state index contributed by atoms with van der Waals surface area (Å²) in [7, 11) is 0. The highest BCUT2D eigenvalue weighted by molar-refractivity contribution is 5.78. The van der Waals surface area contributed by atoms with Gasteiger partial charge in [0.1, 0.15) is 6.10 Å². The summed E-state index contributed by atoms with van der Waals surface area (Å²) in [5.74, 6) is -1.00. The number of hydrogen-bond acceptors (Lipinski definition) is 6. The van der Waals surface area contributed by atoms with Gasteiger partial charge in [-0.05, 0) is 120 Å². The molecule has 43 heavy (non-hydrogen) atoms. The van der Waals surface area contributed by atoms with Crippen LogP contribution in [-0.4, -0.2) is 57.8 Å². The van der Waals surface area contributed by atoms with E-state index in [4.69, 9.17) is 9.47 Å². The Morgan fingerprint density at radius 3 is 2.44 bits per heavy atom. The predicted octanol–water partition coefficient (Wildman–Crippen LogP) is 6.63. The molecule has 0 spiro atoms. The molecule has 1 saturated heterocycles. The Balaban J connectivity index is 1.77. The number of carboxylic acid groups (broad SMARTS) is 1. The number of aliphatic carboxylic acids is 1. The van der Waals surface area contributed by atoms with Crippen molar-refractivity contribution in [3.05, 3.63) is 34.9 Å². The average molecular weight is 601 g/mol. The van der Waals surface area contributed by atoms with E-state index in [1.54, 1.807) is 33.8 Å². The van der Waals surface area contributed by atoms with E-state index in [1.165, 1.54) is 11.1 Å². The molecule has 242 valence electrons. The Morgan fingerprint density at radius 1 is 1.19 bits per heavy atom. The second kappa shape index (κ2) is 12.1. The van der Waals surface area contributed by atoms with E-state index in [9.17, 15) is 24.9 Å². The molecule has 1 heterocycles. The standard InChI is InChI=1S/C36H56O7/c1-10-22(4)31(39)32(40)43-29-19-28(33(5,6)41)35(8,16-14-30(37)38)27-13-15-34(7)25(11-12-26(34)36(27,29)9)23-18-24(42-20-23)17-21(2)3/h10,12,17,23-25,27-29,31,39,41H,11,13-16,18-20H2,1-9H3,(H,37,38)/b22-10+/t23-,24-,25+,27-,28+,29-,31-,34+,35-,36+/m1/s1. The van der Waals surface area contributed by atoms with E-state index in [-0.39, 0.29) is 29.8 Å². The Labute approximate surface area is 258 Å². The number of aliphatic hydroxyl groups is 2. The van der Waals surface area contributed by atoms with Gasteiger partial charge in [-0.3, -0.25) is 4.79 Å². The molecule has 0 radical (unpaired) electrons. The van der Waals surface area contributed by atoms with Gasteiger partial charge in [0, 0.05) is 11.8 Å². The molecule has 7 heteroatoms. The molecule has 3 N–H and O–H groups in total. The number of carboxylic acids is 1. The molecule has 4 aliphatic rings. The summed E-state index contributed by atoms with van der Waals surface area (Å²) < 4.78 is 12.6. The van der Waals surface area contributed by atoms with Crippen molar-refractivity contribution in [3.63, 3.8) is 0 Å². The highest BCUT2D eigenvalue weighted by Gasteiger charge is 2.68. The van der Waals surface area contributed by atoms with Crippen LogP contribution >= 0.6 is 0 Å². The van der Waals surface area contributed by atoms with E-state index in [0.717, 1.165) is 32.3 Å². The van der Waals surface area contributed by atoms with Crippen molar-refractivity contribution >= 4 is 11.9 Å². The first kappa shape index (κ1) is 33.9. The summed E-state index contributed by atoms with van der Waals surface area (Å²) in [5.41, 5.74) is 0.792. The van der Waals surface area contributed by atoms with E-state index >= 15 is 0 Å². The Hall–Kier alpha value is -1.96. The molecule has 10 atom stereocenters. The smallest absolute Gasteiger partial charge is 0.339 e. The van der Waals surface area contributed by atoms with Gasteiger partial charge in [-0.1, -0.05) is 50.1 Å². The van der Waals surface area contributed by atoms with E-state index in [0.29, 0.717) is 30.3 Å². The lowest BCUT2D eigenvalue weighted by molar-refractivity contribution is -0.212. The second-order valence-corrected chi connectivity index (χ2v) is 15.6. The van der Waals surface area contributed by atoms with Crippen molar-refractivity contribution in [2.24, 2.45) is 39.9 Å². The van der Waals surface area contributed by atoms with Crippen LogP contribution in [-0.2, 0) is 19.1 Å². The van der Waals surface area contributed by atoms with Gasteiger partial charge in [-0.15, -0.1) is 0 Å². The summed E-state index contributed by atoms with van der Waals surface area (Å²) >= 11 is 0. The maximum absolute atomic E-state index is 13.4. The lowest BCUT2D eigenvalue weighted by atomic mass is 9.39. The van der Waals surface area contributed by atoms with Crippen LogP contribution in [0.25, 0.3) is 0 Å². The second-order valence-electron chi connectivity index (χ2n) is 15.6. The number of carbonyl (C=O) groups is 2. The highest BCUT2D eigenvalue weighted by atomic mass is 16.6. The van der Waals surface area contributed by atoms with Crippen LogP contribution in [0.1, 0.15) is 107 Å². The monoisotopic (exact) mass is 600 g/mol. The van der Waals surface area contributed by atoms with Crippen LogP contribution in [0.4, 0.5) is 0 Å². The number of aliphatic hydroxyl groups excluding tert-OH is 1. The first-order valence-electron chi connectivity index (χ1n) is 16.3. The maximum Gasteiger partial charge on any atom is 0.339 e. The molecule has 0 aromatic rings. The van der Waals surface area contributed by atoms with Gasteiger partial charge < -0.3 is 24.8 Å². The fourth-order valence-electron chi connectivity index (χ4n) is 10.1. The van der Waals surface area contributed by atoms with Gasteiger partial charge >= 0.3 is 11.9 Å².